The molecule has 0 saturated heterocycles. The Balaban J connectivity index is 2.03. The molecular weight excluding hydrogens is 294 g/mol. The summed E-state index contributed by atoms with van der Waals surface area (Å²) in [6, 6.07) is 10.1. The number of ether oxygens (including phenoxy) is 1. The van der Waals surface area contributed by atoms with Crippen molar-refractivity contribution >= 4 is 5.76 Å². The summed E-state index contributed by atoms with van der Waals surface area (Å²) in [6.07, 6.45) is 9.95. The lowest BCUT2D eigenvalue weighted by Gasteiger charge is -2.09. The van der Waals surface area contributed by atoms with Crippen LogP contribution in [0.25, 0.3) is 5.76 Å². The van der Waals surface area contributed by atoms with Crippen LogP contribution in [0.3, 0.4) is 0 Å². The summed E-state index contributed by atoms with van der Waals surface area (Å²) in [5, 5.41) is 3.50. The van der Waals surface area contributed by atoms with Crippen molar-refractivity contribution in [3.63, 3.8) is 0 Å². The van der Waals surface area contributed by atoms with Gasteiger partial charge in [0.05, 0.1) is 6.61 Å². The number of allylic oxidation sites excluding steroid dienone is 3. The van der Waals surface area contributed by atoms with Crippen LogP contribution in [0.2, 0.25) is 0 Å². The summed E-state index contributed by atoms with van der Waals surface area (Å²) < 4.78 is 5.70. The average Bonchev–Trinajstić information content (AvgIpc) is 2.60. The van der Waals surface area contributed by atoms with Crippen molar-refractivity contribution in [3.8, 4) is 0 Å². The second-order valence-electron chi connectivity index (χ2n) is 6.31. The molecule has 0 aliphatic carbocycles. The monoisotopic (exact) mass is 327 g/mol. The first-order valence-electron chi connectivity index (χ1n) is 9.04. The largest absolute Gasteiger partial charge is 0.494 e. The highest BCUT2D eigenvalue weighted by Crippen LogP contribution is 2.13. The molecule has 2 heteroatoms. The Morgan fingerprint density at radius 3 is 2.58 bits per heavy atom. The third-order valence-corrected chi connectivity index (χ3v) is 3.78. The van der Waals surface area contributed by atoms with Crippen LogP contribution in [0, 0.1) is 5.92 Å². The quantitative estimate of drug-likeness (QED) is 0.307. The maximum Gasteiger partial charge on any atom is 0.119 e. The zero-order valence-electron chi connectivity index (χ0n) is 15.6. The summed E-state index contributed by atoms with van der Waals surface area (Å²) in [7, 11) is 0. The minimum absolute atomic E-state index is 0.610. The fraction of sp³-hybridized carbons (Fsp3) is 0.455. The number of hydrogen-bond acceptors (Lipinski definition) is 2. The number of nitrogens with one attached hydrogen (secondary N) is 1. The first-order valence-corrected chi connectivity index (χ1v) is 9.04. The number of benzene rings is 1. The van der Waals surface area contributed by atoms with Gasteiger partial charge in [-0.05, 0) is 45.2 Å². The third kappa shape index (κ3) is 9.36. The maximum absolute atomic E-state index is 5.70. The smallest absolute Gasteiger partial charge is 0.119 e. The molecule has 0 aliphatic rings. The van der Waals surface area contributed by atoms with Gasteiger partial charge in [-0.3, -0.25) is 0 Å². The predicted molar refractivity (Wildman–Crippen MR) is 106 cm³/mol. The first kappa shape index (κ1) is 20.2. The van der Waals surface area contributed by atoms with Crippen molar-refractivity contribution in [2.45, 2.75) is 40.0 Å². The molecule has 0 bridgehead atoms. The van der Waals surface area contributed by atoms with Gasteiger partial charge < -0.3 is 10.1 Å². The van der Waals surface area contributed by atoms with Crippen molar-refractivity contribution in [2.24, 2.45) is 5.92 Å². The number of hydrogen-bond donors (Lipinski definition) is 1. The van der Waals surface area contributed by atoms with E-state index in [-0.39, 0.29) is 0 Å². The normalized spacial score (nSPS) is 12.1. The van der Waals surface area contributed by atoms with Gasteiger partial charge in [-0.15, -0.1) is 0 Å². The van der Waals surface area contributed by atoms with Gasteiger partial charge in [0, 0.05) is 5.56 Å². The molecule has 0 aromatic heterocycles. The standard InChI is InChI=1S/C22H33NO/c1-5-21(14-13-19(2)3)15-17-23-16-9-10-18-24-20(4)22-11-7-6-8-12-22/h5-8,11-14,19,23H,4,9-10,15-18H2,1-3H3/b14-13-,21-5+. The van der Waals surface area contributed by atoms with Gasteiger partial charge in [0.15, 0.2) is 0 Å². The molecule has 0 amide bonds. The maximum atomic E-state index is 5.70. The highest BCUT2D eigenvalue weighted by Gasteiger charge is 1.98. The van der Waals surface area contributed by atoms with E-state index in [1.165, 1.54) is 5.57 Å². The van der Waals surface area contributed by atoms with E-state index in [2.05, 4.69) is 50.9 Å². The van der Waals surface area contributed by atoms with Crippen molar-refractivity contribution < 1.29 is 4.74 Å². The summed E-state index contributed by atoms with van der Waals surface area (Å²) >= 11 is 0. The van der Waals surface area contributed by atoms with Crippen LogP contribution in [0.1, 0.15) is 45.6 Å². The van der Waals surface area contributed by atoms with E-state index in [0.29, 0.717) is 5.92 Å². The van der Waals surface area contributed by atoms with Crippen LogP contribution in [0.15, 0.2) is 60.7 Å². The summed E-state index contributed by atoms with van der Waals surface area (Å²) in [5.74, 6) is 1.37. The Morgan fingerprint density at radius 1 is 1.17 bits per heavy atom. The highest BCUT2D eigenvalue weighted by atomic mass is 16.5. The lowest BCUT2D eigenvalue weighted by molar-refractivity contribution is 0.268. The van der Waals surface area contributed by atoms with Crippen LogP contribution in [-0.2, 0) is 4.74 Å². The molecule has 0 unspecified atom stereocenters. The molecule has 0 atom stereocenters. The van der Waals surface area contributed by atoms with Crippen molar-refractivity contribution in [1.29, 1.82) is 0 Å². The lowest BCUT2D eigenvalue weighted by atomic mass is 10.1. The van der Waals surface area contributed by atoms with Crippen molar-refractivity contribution in [3.05, 3.63) is 66.3 Å². The first-order chi connectivity index (χ1) is 11.6. The van der Waals surface area contributed by atoms with Gasteiger partial charge in [0.1, 0.15) is 5.76 Å². The Bertz CT molecular complexity index is 514. The zero-order chi connectivity index (χ0) is 17.6. The lowest BCUT2D eigenvalue weighted by Crippen LogP contribution is -2.17. The second kappa shape index (κ2) is 12.6. The van der Waals surface area contributed by atoms with E-state index in [1.54, 1.807) is 0 Å². The fourth-order valence-electron chi connectivity index (χ4n) is 2.25. The molecule has 0 radical (unpaired) electrons. The van der Waals surface area contributed by atoms with E-state index >= 15 is 0 Å². The van der Waals surface area contributed by atoms with Gasteiger partial charge in [0.2, 0.25) is 0 Å². The van der Waals surface area contributed by atoms with E-state index in [9.17, 15) is 0 Å². The molecule has 1 aromatic rings. The minimum atomic E-state index is 0.610. The molecule has 24 heavy (non-hydrogen) atoms. The van der Waals surface area contributed by atoms with Crippen molar-refractivity contribution in [1.82, 2.24) is 5.32 Å². The van der Waals surface area contributed by atoms with Crippen LogP contribution < -0.4 is 5.32 Å². The Morgan fingerprint density at radius 2 is 1.92 bits per heavy atom. The van der Waals surface area contributed by atoms with E-state index < -0.39 is 0 Å². The summed E-state index contributed by atoms with van der Waals surface area (Å²) in [6.45, 7) is 13.3. The van der Waals surface area contributed by atoms with Gasteiger partial charge >= 0.3 is 0 Å². The molecule has 2 nitrogen and oxygen atoms in total. The number of unbranched alkanes of at least 4 members (excludes halogenated alkanes) is 1. The molecule has 0 aliphatic heterocycles. The van der Waals surface area contributed by atoms with E-state index in [1.807, 2.05) is 30.3 Å². The van der Waals surface area contributed by atoms with Crippen LogP contribution in [-0.4, -0.2) is 19.7 Å². The van der Waals surface area contributed by atoms with E-state index in [0.717, 1.165) is 50.3 Å². The predicted octanol–water partition coefficient (Wildman–Crippen LogP) is 5.59. The van der Waals surface area contributed by atoms with Gasteiger partial charge in [-0.1, -0.05) is 74.6 Å². The summed E-state index contributed by atoms with van der Waals surface area (Å²) in [5.41, 5.74) is 2.46. The second-order valence-corrected chi connectivity index (χ2v) is 6.31. The Labute approximate surface area is 148 Å². The van der Waals surface area contributed by atoms with Crippen LogP contribution in [0.5, 0.6) is 0 Å². The number of rotatable bonds is 12. The third-order valence-electron chi connectivity index (χ3n) is 3.78. The molecule has 1 N–H and O–H groups in total. The molecular formula is C22H33NO. The minimum Gasteiger partial charge on any atom is -0.494 e. The fourth-order valence-corrected chi connectivity index (χ4v) is 2.25. The highest BCUT2D eigenvalue weighted by molar-refractivity contribution is 5.56. The van der Waals surface area contributed by atoms with Crippen LogP contribution in [0.4, 0.5) is 0 Å². The van der Waals surface area contributed by atoms with Gasteiger partial charge in [0.25, 0.3) is 0 Å². The molecule has 1 rings (SSSR count). The van der Waals surface area contributed by atoms with Crippen molar-refractivity contribution in [2.75, 3.05) is 19.7 Å². The van der Waals surface area contributed by atoms with Gasteiger partial charge in [-0.2, -0.15) is 0 Å². The topological polar surface area (TPSA) is 21.3 Å². The summed E-state index contributed by atoms with van der Waals surface area (Å²) in [4.78, 5) is 0. The zero-order valence-corrected chi connectivity index (χ0v) is 15.6. The molecule has 132 valence electrons. The molecule has 0 fully saturated rings. The SMILES string of the molecule is C=C(OCCCCNCCC(/C=C\C(C)C)=C/C)c1ccccc1. The molecule has 1 aromatic carbocycles. The van der Waals surface area contributed by atoms with Gasteiger partial charge in [-0.25, -0.2) is 0 Å². The molecule has 0 spiro atoms. The molecule has 0 saturated carbocycles. The van der Waals surface area contributed by atoms with E-state index in [4.69, 9.17) is 4.74 Å². The Hall–Kier alpha value is -1.80. The molecule has 0 heterocycles. The Kier molecular flexibility index (Phi) is 10.6. The van der Waals surface area contributed by atoms with Crippen LogP contribution >= 0.6 is 0 Å². The average molecular weight is 328 g/mol.